The zero-order valence-corrected chi connectivity index (χ0v) is 13.3. The lowest BCUT2D eigenvalue weighted by atomic mass is 10.3. The van der Waals surface area contributed by atoms with Gasteiger partial charge in [0.25, 0.3) is 5.91 Å². The second kappa shape index (κ2) is 5.87. The molecule has 0 fully saturated rings. The van der Waals surface area contributed by atoms with E-state index in [1.807, 2.05) is 31.4 Å². The van der Waals surface area contributed by atoms with Crippen molar-refractivity contribution in [2.75, 3.05) is 11.6 Å². The SMILES string of the molecule is CCn1nccc1C(=O)Nc1nc2c(SC)cccc2s1. The van der Waals surface area contributed by atoms with Crippen molar-refractivity contribution >= 4 is 44.4 Å². The fourth-order valence-electron chi connectivity index (χ4n) is 2.08. The molecule has 0 aliphatic rings. The summed E-state index contributed by atoms with van der Waals surface area (Å²) in [6.07, 6.45) is 3.65. The van der Waals surface area contributed by atoms with E-state index in [2.05, 4.69) is 15.4 Å². The summed E-state index contributed by atoms with van der Waals surface area (Å²) in [5.41, 5.74) is 1.48. The predicted octanol–water partition coefficient (Wildman–Crippen LogP) is 3.49. The number of hydrogen-bond donors (Lipinski definition) is 1. The van der Waals surface area contributed by atoms with Crippen molar-refractivity contribution in [1.29, 1.82) is 0 Å². The Kier molecular flexibility index (Phi) is 3.94. The first kappa shape index (κ1) is 14.1. The van der Waals surface area contributed by atoms with Crippen LogP contribution in [-0.4, -0.2) is 26.9 Å². The van der Waals surface area contributed by atoms with Gasteiger partial charge >= 0.3 is 0 Å². The van der Waals surface area contributed by atoms with Crippen LogP contribution in [0.5, 0.6) is 0 Å². The van der Waals surface area contributed by atoms with Crippen molar-refractivity contribution in [2.45, 2.75) is 18.4 Å². The minimum absolute atomic E-state index is 0.181. The Labute approximate surface area is 130 Å². The van der Waals surface area contributed by atoms with Gasteiger partial charge in [-0.3, -0.25) is 14.8 Å². The van der Waals surface area contributed by atoms with Crippen molar-refractivity contribution in [2.24, 2.45) is 0 Å². The molecule has 0 aliphatic heterocycles. The largest absolute Gasteiger partial charge is 0.296 e. The summed E-state index contributed by atoms with van der Waals surface area (Å²) in [5.74, 6) is -0.181. The molecule has 0 spiro atoms. The van der Waals surface area contributed by atoms with Gasteiger partial charge in [-0.1, -0.05) is 17.4 Å². The van der Waals surface area contributed by atoms with E-state index in [1.165, 1.54) is 11.3 Å². The van der Waals surface area contributed by atoms with Crippen molar-refractivity contribution in [3.8, 4) is 0 Å². The molecule has 21 heavy (non-hydrogen) atoms. The minimum Gasteiger partial charge on any atom is -0.296 e. The molecular formula is C14H14N4OS2. The van der Waals surface area contributed by atoms with Gasteiger partial charge in [0.05, 0.1) is 10.2 Å². The van der Waals surface area contributed by atoms with Crippen molar-refractivity contribution in [3.63, 3.8) is 0 Å². The first-order valence-electron chi connectivity index (χ1n) is 6.49. The molecule has 1 amide bonds. The van der Waals surface area contributed by atoms with Crippen LogP contribution in [0, 0.1) is 0 Å². The van der Waals surface area contributed by atoms with Gasteiger partial charge in [-0.15, -0.1) is 11.8 Å². The monoisotopic (exact) mass is 318 g/mol. The molecular weight excluding hydrogens is 304 g/mol. The Morgan fingerprint density at radius 1 is 1.43 bits per heavy atom. The van der Waals surface area contributed by atoms with Crippen LogP contribution in [0.3, 0.4) is 0 Å². The number of aryl methyl sites for hydroxylation is 1. The van der Waals surface area contributed by atoms with E-state index < -0.39 is 0 Å². The summed E-state index contributed by atoms with van der Waals surface area (Å²) in [6.45, 7) is 2.61. The van der Waals surface area contributed by atoms with Crippen molar-refractivity contribution < 1.29 is 4.79 Å². The number of thiazole rings is 1. The van der Waals surface area contributed by atoms with E-state index in [4.69, 9.17) is 0 Å². The minimum atomic E-state index is -0.181. The molecule has 1 N–H and O–H groups in total. The molecule has 5 nitrogen and oxygen atoms in total. The number of carbonyl (C=O) groups is 1. The highest BCUT2D eigenvalue weighted by Crippen LogP contribution is 2.32. The van der Waals surface area contributed by atoms with Gasteiger partial charge in [0.2, 0.25) is 0 Å². The molecule has 0 bridgehead atoms. The van der Waals surface area contributed by atoms with E-state index in [9.17, 15) is 4.79 Å². The first-order chi connectivity index (χ1) is 10.2. The number of nitrogens with zero attached hydrogens (tertiary/aromatic N) is 3. The molecule has 3 aromatic rings. The summed E-state index contributed by atoms with van der Waals surface area (Å²) in [7, 11) is 0. The highest BCUT2D eigenvalue weighted by molar-refractivity contribution is 7.98. The summed E-state index contributed by atoms with van der Waals surface area (Å²) >= 11 is 3.13. The molecule has 3 rings (SSSR count). The molecule has 0 saturated heterocycles. The zero-order valence-electron chi connectivity index (χ0n) is 11.7. The van der Waals surface area contributed by atoms with Crippen LogP contribution in [-0.2, 0) is 6.54 Å². The smallest absolute Gasteiger partial charge is 0.275 e. The van der Waals surface area contributed by atoms with Gasteiger partial charge in [0, 0.05) is 17.6 Å². The van der Waals surface area contributed by atoms with Crippen LogP contribution in [0.15, 0.2) is 35.4 Å². The van der Waals surface area contributed by atoms with Gasteiger partial charge < -0.3 is 0 Å². The maximum absolute atomic E-state index is 12.3. The van der Waals surface area contributed by atoms with Crippen molar-refractivity contribution in [1.82, 2.24) is 14.8 Å². The molecule has 0 unspecified atom stereocenters. The van der Waals surface area contributed by atoms with Gasteiger partial charge in [0.1, 0.15) is 5.69 Å². The van der Waals surface area contributed by atoms with E-state index in [-0.39, 0.29) is 5.91 Å². The number of hydrogen-bond acceptors (Lipinski definition) is 5. The highest BCUT2D eigenvalue weighted by atomic mass is 32.2. The van der Waals surface area contributed by atoms with Crippen LogP contribution in [0.4, 0.5) is 5.13 Å². The van der Waals surface area contributed by atoms with Crippen LogP contribution < -0.4 is 5.32 Å². The lowest BCUT2D eigenvalue weighted by molar-refractivity contribution is 0.101. The van der Waals surface area contributed by atoms with E-state index in [0.717, 1.165) is 15.1 Å². The number of fused-ring (bicyclic) bond motifs is 1. The van der Waals surface area contributed by atoms with Gasteiger partial charge in [0.15, 0.2) is 5.13 Å². The zero-order chi connectivity index (χ0) is 14.8. The lowest BCUT2D eigenvalue weighted by Crippen LogP contribution is -2.17. The average Bonchev–Trinajstić information content (AvgIpc) is 3.12. The topological polar surface area (TPSA) is 59.8 Å². The normalized spacial score (nSPS) is 11.0. The molecule has 1 aromatic carbocycles. The number of amides is 1. The number of carbonyl (C=O) groups excluding carboxylic acids is 1. The summed E-state index contributed by atoms with van der Waals surface area (Å²) in [6, 6.07) is 7.76. The van der Waals surface area contributed by atoms with Gasteiger partial charge in [-0.05, 0) is 31.4 Å². The van der Waals surface area contributed by atoms with Crippen molar-refractivity contribution in [3.05, 3.63) is 36.2 Å². The lowest BCUT2D eigenvalue weighted by Gasteiger charge is -2.03. The van der Waals surface area contributed by atoms with E-state index >= 15 is 0 Å². The molecule has 108 valence electrons. The summed E-state index contributed by atoms with van der Waals surface area (Å²) in [5, 5.41) is 7.57. The number of anilines is 1. The molecule has 0 saturated carbocycles. The number of para-hydroxylation sites is 1. The highest BCUT2D eigenvalue weighted by Gasteiger charge is 2.14. The predicted molar refractivity (Wildman–Crippen MR) is 87.3 cm³/mol. The number of aromatic nitrogens is 3. The second-order valence-corrected chi connectivity index (χ2v) is 6.19. The number of thioether (sulfide) groups is 1. The number of rotatable bonds is 4. The molecule has 0 atom stereocenters. The summed E-state index contributed by atoms with van der Waals surface area (Å²) < 4.78 is 2.73. The number of nitrogens with one attached hydrogen (secondary N) is 1. The first-order valence-corrected chi connectivity index (χ1v) is 8.53. The third-order valence-corrected chi connectivity index (χ3v) is 4.78. The second-order valence-electron chi connectivity index (χ2n) is 4.31. The Bertz CT molecular complexity index is 793. The van der Waals surface area contributed by atoms with Crippen LogP contribution >= 0.6 is 23.1 Å². The maximum atomic E-state index is 12.3. The Balaban J connectivity index is 1.90. The number of benzene rings is 1. The van der Waals surface area contributed by atoms with Gasteiger partial charge in [-0.25, -0.2) is 4.98 Å². The van der Waals surface area contributed by atoms with E-state index in [1.54, 1.807) is 28.7 Å². The molecule has 7 heteroatoms. The Morgan fingerprint density at radius 3 is 3.05 bits per heavy atom. The third-order valence-electron chi connectivity index (χ3n) is 3.07. The standard InChI is InChI=1S/C14H14N4OS2/c1-3-18-9(7-8-15-18)13(19)17-14-16-12-10(20-2)5-4-6-11(12)21-14/h4-8H,3H2,1-2H3,(H,16,17,19). The molecule has 2 aromatic heterocycles. The fourth-order valence-corrected chi connectivity index (χ4v) is 3.60. The van der Waals surface area contributed by atoms with Crippen LogP contribution in [0.1, 0.15) is 17.4 Å². The fraction of sp³-hybridized carbons (Fsp3) is 0.214. The van der Waals surface area contributed by atoms with Gasteiger partial charge in [-0.2, -0.15) is 5.10 Å². The average molecular weight is 318 g/mol. The maximum Gasteiger partial charge on any atom is 0.275 e. The molecule has 0 radical (unpaired) electrons. The Morgan fingerprint density at radius 2 is 2.29 bits per heavy atom. The van der Waals surface area contributed by atoms with Crippen LogP contribution in [0.2, 0.25) is 0 Å². The van der Waals surface area contributed by atoms with Crippen LogP contribution in [0.25, 0.3) is 10.2 Å². The van der Waals surface area contributed by atoms with E-state index in [0.29, 0.717) is 17.4 Å². The molecule has 0 aliphatic carbocycles. The quantitative estimate of drug-likeness (QED) is 0.748. The third kappa shape index (κ3) is 2.66. The summed E-state index contributed by atoms with van der Waals surface area (Å²) in [4.78, 5) is 17.9. The Hall–Kier alpha value is -1.86. The molecule has 2 heterocycles.